The van der Waals surface area contributed by atoms with Crippen LogP contribution in [0.15, 0.2) is 45.9 Å². The summed E-state index contributed by atoms with van der Waals surface area (Å²) in [5.74, 6) is 3.11. The van der Waals surface area contributed by atoms with Gasteiger partial charge in [0.1, 0.15) is 11.6 Å². The molecule has 0 aliphatic carbocycles. The highest BCUT2D eigenvalue weighted by Gasteiger charge is 2.12. The first kappa shape index (κ1) is 20.9. The fourth-order valence-corrected chi connectivity index (χ4v) is 2.66. The molecule has 1 aromatic carbocycles. The van der Waals surface area contributed by atoms with Crippen molar-refractivity contribution in [2.45, 2.75) is 26.9 Å². The predicted octanol–water partition coefficient (Wildman–Crippen LogP) is 3.51. The third-order valence-corrected chi connectivity index (χ3v) is 4.14. The third kappa shape index (κ3) is 5.31. The normalized spacial score (nSPS) is 11.2. The van der Waals surface area contributed by atoms with Crippen LogP contribution in [-0.4, -0.2) is 39.9 Å². The first-order valence-electron chi connectivity index (χ1n) is 8.51. The lowest BCUT2D eigenvalue weighted by Gasteiger charge is -2.20. The first-order valence-corrected chi connectivity index (χ1v) is 8.51. The molecule has 2 heterocycles. The van der Waals surface area contributed by atoms with Crippen molar-refractivity contribution >= 4 is 29.9 Å². The Hall–Kier alpha value is -2.36. The zero-order chi connectivity index (χ0) is 18.5. The van der Waals surface area contributed by atoms with E-state index in [0.717, 1.165) is 34.5 Å². The number of nitrogens with one attached hydrogen (secondary N) is 2. The predicted molar refractivity (Wildman–Crippen MR) is 117 cm³/mol. The van der Waals surface area contributed by atoms with E-state index >= 15 is 0 Å². The van der Waals surface area contributed by atoms with Crippen molar-refractivity contribution in [1.29, 1.82) is 0 Å². The molecule has 0 aliphatic rings. The lowest BCUT2D eigenvalue weighted by Crippen LogP contribution is -2.38. The number of oxazole rings is 1. The Morgan fingerprint density at radius 1 is 1.26 bits per heavy atom. The number of aryl methyl sites for hydroxylation is 2. The van der Waals surface area contributed by atoms with Gasteiger partial charge in [0.15, 0.2) is 5.96 Å². The monoisotopic (exact) mass is 480 g/mol. The molecule has 27 heavy (non-hydrogen) atoms. The van der Waals surface area contributed by atoms with Gasteiger partial charge in [-0.05, 0) is 19.4 Å². The number of guanidine groups is 1. The highest BCUT2D eigenvalue weighted by Crippen LogP contribution is 2.16. The Morgan fingerprint density at radius 3 is 2.63 bits per heavy atom. The molecule has 0 fully saturated rings. The van der Waals surface area contributed by atoms with Crippen LogP contribution >= 0.6 is 24.0 Å². The Balaban J connectivity index is 0.00000261. The molecule has 3 aromatic rings. The van der Waals surface area contributed by atoms with Gasteiger partial charge in [0, 0.05) is 14.1 Å². The minimum absolute atomic E-state index is 0. The molecule has 0 unspecified atom stereocenters. The minimum atomic E-state index is 0. The average molecular weight is 480 g/mol. The largest absolute Gasteiger partial charge is 0.444 e. The summed E-state index contributed by atoms with van der Waals surface area (Å²) in [6.07, 6.45) is 1.85. The second-order valence-electron chi connectivity index (χ2n) is 6.12. The first-order chi connectivity index (χ1) is 12.6. The number of benzene rings is 1. The number of halogens is 1. The lowest BCUT2D eigenvalue weighted by molar-refractivity contribution is 0.438. The molecular weight excluding hydrogens is 455 g/mol. The van der Waals surface area contributed by atoms with Gasteiger partial charge in [0.25, 0.3) is 0 Å². The number of rotatable bonds is 5. The molecule has 0 bridgehead atoms. The van der Waals surface area contributed by atoms with E-state index in [9.17, 15) is 0 Å². The van der Waals surface area contributed by atoms with Gasteiger partial charge in [-0.15, -0.1) is 24.0 Å². The van der Waals surface area contributed by atoms with Crippen LogP contribution in [0.1, 0.15) is 23.2 Å². The van der Waals surface area contributed by atoms with E-state index in [1.54, 1.807) is 7.05 Å². The molecule has 0 aliphatic heterocycles. The standard InChI is InChI=1S/C19H24N6O.HI/c1-13-14(2)26-18(23-13)11-22-19(20-3)25(4)12-17-21-10-16(24-17)15-8-6-5-7-9-15;/h5-10H,11-12H2,1-4H3,(H,20,22)(H,21,24);1H. The van der Waals surface area contributed by atoms with E-state index < -0.39 is 0 Å². The molecule has 2 N–H and O–H groups in total. The zero-order valence-electron chi connectivity index (χ0n) is 16.0. The highest BCUT2D eigenvalue weighted by atomic mass is 127. The van der Waals surface area contributed by atoms with Crippen LogP contribution in [0.2, 0.25) is 0 Å². The van der Waals surface area contributed by atoms with E-state index in [0.29, 0.717) is 19.0 Å². The number of aromatic amines is 1. The quantitative estimate of drug-likeness (QED) is 0.332. The number of aromatic nitrogens is 3. The molecule has 2 aromatic heterocycles. The van der Waals surface area contributed by atoms with E-state index in [-0.39, 0.29) is 24.0 Å². The van der Waals surface area contributed by atoms with Gasteiger partial charge in [0.05, 0.1) is 30.7 Å². The van der Waals surface area contributed by atoms with Crippen molar-refractivity contribution < 1.29 is 4.42 Å². The molecular formula is C19H25IN6O. The van der Waals surface area contributed by atoms with Crippen LogP contribution < -0.4 is 5.32 Å². The van der Waals surface area contributed by atoms with Crippen LogP contribution in [0.25, 0.3) is 11.3 Å². The molecule has 0 saturated carbocycles. The SMILES string of the molecule is CN=C(NCc1nc(C)c(C)o1)N(C)Cc1ncc(-c2ccccc2)[nH]1.I. The van der Waals surface area contributed by atoms with Gasteiger partial charge >= 0.3 is 0 Å². The van der Waals surface area contributed by atoms with Crippen LogP contribution in [0.3, 0.4) is 0 Å². The summed E-state index contributed by atoms with van der Waals surface area (Å²) in [4.78, 5) is 18.5. The Morgan fingerprint density at radius 2 is 2.00 bits per heavy atom. The van der Waals surface area contributed by atoms with Gasteiger partial charge in [-0.2, -0.15) is 0 Å². The molecule has 0 atom stereocenters. The van der Waals surface area contributed by atoms with Gasteiger partial charge in [-0.1, -0.05) is 30.3 Å². The van der Waals surface area contributed by atoms with Gasteiger partial charge in [0.2, 0.25) is 5.89 Å². The van der Waals surface area contributed by atoms with Crippen molar-refractivity contribution in [3.05, 3.63) is 59.7 Å². The maximum Gasteiger partial charge on any atom is 0.214 e. The van der Waals surface area contributed by atoms with Crippen molar-refractivity contribution in [3.8, 4) is 11.3 Å². The molecule has 0 amide bonds. The summed E-state index contributed by atoms with van der Waals surface area (Å²) in [6, 6.07) is 10.1. The van der Waals surface area contributed by atoms with E-state index in [4.69, 9.17) is 4.42 Å². The maximum absolute atomic E-state index is 5.59. The van der Waals surface area contributed by atoms with Gasteiger partial charge < -0.3 is 19.6 Å². The molecule has 8 heteroatoms. The Bertz CT molecular complexity index is 867. The van der Waals surface area contributed by atoms with Crippen LogP contribution in [0.5, 0.6) is 0 Å². The number of nitrogens with zero attached hydrogens (tertiary/aromatic N) is 4. The van der Waals surface area contributed by atoms with Crippen LogP contribution in [0.4, 0.5) is 0 Å². The van der Waals surface area contributed by atoms with E-state index in [2.05, 4.69) is 37.4 Å². The van der Waals surface area contributed by atoms with E-state index in [1.165, 1.54) is 0 Å². The van der Waals surface area contributed by atoms with Crippen molar-refractivity contribution in [1.82, 2.24) is 25.2 Å². The molecule has 0 saturated heterocycles. The summed E-state index contributed by atoms with van der Waals surface area (Å²) >= 11 is 0. The summed E-state index contributed by atoms with van der Waals surface area (Å²) in [5, 5.41) is 3.26. The molecule has 0 radical (unpaired) electrons. The fourth-order valence-electron chi connectivity index (χ4n) is 2.66. The highest BCUT2D eigenvalue weighted by molar-refractivity contribution is 14.0. The lowest BCUT2D eigenvalue weighted by atomic mass is 10.2. The fraction of sp³-hybridized carbons (Fsp3) is 0.316. The Labute approximate surface area is 176 Å². The number of aliphatic imine (C=N–C) groups is 1. The van der Waals surface area contributed by atoms with Crippen LogP contribution in [0, 0.1) is 13.8 Å². The number of hydrogen-bond donors (Lipinski definition) is 2. The molecule has 144 valence electrons. The summed E-state index contributed by atoms with van der Waals surface area (Å²) in [7, 11) is 3.72. The zero-order valence-corrected chi connectivity index (χ0v) is 18.3. The number of hydrogen-bond acceptors (Lipinski definition) is 4. The van der Waals surface area contributed by atoms with Crippen molar-refractivity contribution in [3.63, 3.8) is 0 Å². The maximum atomic E-state index is 5.59. The van der Waals surface area contributed by atoms with Crippen molar-refractivity contribution in [2.75, 3.05) is 14.1 Å². The topological polar surface area (TPSA) is 82.3 Å². The average Bonchev–Trinajstić information content (AvgIpc) is 3.23. The Kier molecular flexibility index (Phi) is 7.40. The summed E-state index contributed by atoms with van der Waals surface area (Å²) < 4.78 is 5.59. The second kappa shape index (κ2) is 9.54. The number of imidazole rings is 1. The minimum Gasteiger partial charge on any atom is -0.444 e. The van der Waals surface area contributed by atoms with Crippen LogP contribution in [-0.2, 0) is 13.1 Å². The molecule has 0 spiro atoms. The number of H-pyrrole nitrogens is 1. The second-order valence-corrected chi connectivity index (χ2v) is 6.12. The third-order valence-electron chi connectivity index (χ3n) is 4.14. The van der Waals surface area contributed by atoms with E-state index in [1.807, 2.05) is 50.2 Å². The van der Waals surface area contributed by atoms with Gasteiger partial charge in [-0.3, -0.25) is 4.99 Å². The molecule has 7 nitrogen and oxygen atoms in total. The smallest absolute Gasteiger partial charge is 0.214 e. The molecule has 3 rings (SSSR count). The summed E-state index contributed by atoms with van der Waals surface area (Å²) in [6.45, 7) is 4.94. The van der Waals surface area contributed by atoms with Gasteiger partial charge in [-0.25, -0.2) is 9.97 Å². The van der Waals surface area contributed by atoms with Crippen molar-refractivity contribution in [2.24, 2.45) is 4.99 Å². The summed E-state index contributed by atoms with van der Waals surface area (Å²) in [5.41, 5.74) is 3.03.